The van der Waals surface area contributed by atoms with Crippen LogP contribution in [-0.4, -0.2) is 42.0 Å². The number of hydrogen-bond acceptors (Lipinski definition) is 7. The third kappa shape index (κ3) is 4.06. The second kappa shape index (κ2) is 7.78. The van der Waals surface area contributed by atoms with Gasteiger partial charge in [0.05, 0.1) is 25.3 Å². The van der Waals surface area contributed by atoms with Crippen LogP contribution in [0.2, 0.25) is 0 Å². The van der Waals surface area contributed by atoms with Gasteiger partial charge in [-0.25, -0.2) is 14.6 Å². The number of benzene rings is 1. The fraction of sp³-hybridized carbons (Fsp3) is 0.133. The topological polar surface area (TPSA) is 141 Å². The maximum atomic E-state index is 12.3. The number of ether oxygens (including phenoxy) is 2. The third-order valence-corrected chi connectivity index (χ3v) is 3.82. The number of H-pyrrole nitrogens is 1. The molecule has 11 heteroatoms. The molecule has 0 fully saturated rings. The van der Waals surface area contributed by atoms with E-state index in [-0.39, 0.29) is 32.8 Å². The van der Waals surface area contributed by atoms with Crippen LogP contribution >= 0.6 is 15.9 Å². The van der Waals surface area contributed by atoms with Crippen molar-refractivity contribution < 1.29 is 28.8 Å². The van der Waals surface area contributed by atoms with Crippen LogP contribution < -0.4 is 5.32 Å². The number of carbonyl (C=O) groups is 3. The van der Waals surface area contributed by atoms with Gasteiger partial charge < -0.3 is 24.9 Å². The van der Waals surface area contributed by atoms with Gasteiger partial charge in [0, 0.05) is 11.8 Å². The van der Waals surface area contributed by atoms with Gasteiger partial charge in [0.1, 0.15) is 4.47 Å². The van der Waals surface area contributed by atoms with E-state index in [1.54, 1.807) is 0 Å². The predicted octanol–water partition coefficient (Wildman–Crippen LogP) is 2.51. The van der Waals surface area contributed by atoms with Gasteiger partial charge in [-0.15, -0.1) is 0 Å². The average molecular weight is 426 g/mol. The molecule has 10 nitrogen and oxygen atoms in total. The number of anilines is 1. The highest BCUT2D eigenvalue weighted by Crippen LogP contribution is 2.25. The van der Waals surface area contributed by atoms with Gasteiger partial charge >= 0.3 is 17.8 Å². The molecule has 1 aromatic carbocycles. The van der Waals surface area contributed by atoms with E-state index in [0.717, 1.165) is 0 Å². The molecule has 1 aromatic heterocycles. The number of aromatic nitrogens is 1. The molecule has 2 aromatic rings. The van der Waals surface area contributed by atoms with E-state index in [4.69, 9.17) is 0 Å². The van der Waals surface area contributed by atoms with Gasteiger partial charge in [-0.3, -0.25) is 4.79 Å². The molecule has 0 saturated carbocycles. The maximum Gasteiger partial charge on any atom is 0.337 e. The summed E-state index contributed by atoms with van der Waals surface area (Å²) in [6, 6.07) is 5.08. The van der Waals surface area contributed by atoms with Crippen molar-refractivity contribution in [3.05, 3.63) is 55.7 Å². The average Bonchev–Trinajstić information content (AvgIpc) is 3.02. The Morgan fingerprint density at radius 2 is 1.62 bits per heavy atom. The predicted molar refractivity (Wildman–Crippen MR) is 92.2 cm³/mol. The highest BCUT2D eigenvalue weighted by Gasteiger charge is 2.22. The molecule has 0 aliphatic carbocycles. The van der Waals surface area contributed by atoms with Gasteiger partial charge in [0.2, 0.25) is 0 Å². The molecule has 0 atom stereocenters. The van der Waals surface area contributed by atoms with Crippen LogP contribution in [0.15, 0.2) is 28.7 Å². The second-order valence-electron chi connectivity index (χ2n) is 4.87. The van der Waals surface area contributed by atoms with Crippen molar-refractivity contribution in [2.75, 3.05) is 19.5 Å². The van der Waals surface area contributed by atoms with Crippen molar-refractivity contribution in [1.29, 1.82) is 0 Å². The Morgan fingerprint density at radius 1 is 1.08 bits per heavy atom. The van der Waals surface area contributed by atoms with Crippen LogP contribution in [0.1, 0.15) is 31.2 Å². The van der Waals surface area contributed by atoms with Gasteiger partial charge in [0.25, 0.3) is 5.91 Å². The zero-order chi connectivity index (χ0) is 19.4. The molecular weight excluding hydrogens is 414 g/mol. The highest BCUT2D eigenvalue weighted by atomic mass is 79.9. The number of carbonyl (C=O) groups excluding carboxylic acids is 3. The van der Waals surface area contributed by atoms with Crippen molar-refractivity contribution in [3.63, 3.8) is 0 Å². The summed E-state index contributed by atoms with van der Waals surface area (Å²) in [4.78, 5) is 48.3. The van der Waals surface area contributed by atoms with Gasteiger partial charge in [-0.2, -0.15) is 0 Å². The number of amides is 1. The first-order valence-electron chi connectivity index (χ1n) is 6.92. The van der Waals surface area contributed by atoms with Gasteiger partial charge in [-0.05, 0) is 39.1 Å². The summed E-state index contributed by atoms with van der Waals surface area (Å²) in [5.74, 6) is -2.53. The standard InChI is InChI=1S/C15H12BrN3O7/c1-25-14(21)7-3-8(15(22)26-2)5-9(4-7)17-13(20)11-6-10(16)12(18-11)19(23)24/h3-6,18H,1-2H3,(H,17,20). The van der Waals surface area contributed by atoms with Crippen LogP contribution in [0, 0.1) is 10.1 Å². The summed E-state index contributed by atoms with van der Waals surface area (Å²) in [6.45, 7) is 0. The minimum Gasteiger partial charge on any atom is -0.465 e. The van der Waals surface area contributed by atoms with Crippen LogP contribution in [-0.2, 0) is 9.47 Å². The van der Waals surface area contributed by atoms with E-state index in [9.17, 15) is 24.5 Å². The molecule has 0 spiro atoms. The number of methoxy groups -OCH3 is 2. The van der Waals surface area contributed by atoms with Crippen molar-refractivity contribution in [3.8, 4) is 0 Å². The number of nitrogens with zero attached hydrogens (tertiary/aromatic N) is 1. The number of halogens is 1. The fourth-order valence-electron chi connectivity index (χ4n) is 2.04. The SMILES string of the molecule is COC(=O)c1cc(NC(=O)c2cc(Br)c([N+](=O)[O-])[nH]2)cc(C(=O)OC)c1. The lowest BCUT2D eigenvalue weighted by molar-refractivity contribution is -0.390. The zero-order valence-corrected chi connectivity index (χ0v) is 15.1. The Balaban J connectivity index is 2.36. The lowest BCUT2D eigenvalue weighted by Crippen LogP contribution is -2.14. The van der Waals surface area contributed by atoms with E-state index in [0.29, 0.717) is 0 Å². The van der Waals surface area contributed by atoms with E-state index in [1.807, 2.05) is 0 Å². The molecule has 0 aliphatic rings. The molecule has 1 amide bonds. The molecule has 136 valence electrons. The maximum absolute atomic E-state index is 12.3. The van der Waals surface area contributed by atoms with Gasteiger partial charge in [0.15, 0.2) is 5.69 Å². The first kappa shape index (κ1) is 19.1. The summed E-state index contributed by atoms with van der Waals surface area (Å²) in [5.41, 5.74) is 0.0482. The molecule has 2 N–H and O–H groups in total. The number of nitro groups is 1. The molecule has 0 aliphatic heterocycles. The van der Waals surface area contributed by atoms with E-state index in [1.165, 1.54) is 38.5 Å². The first-order chi connectivity index (χ1) is 12.3. The Kier molecular flexibility index (Phi) is 5.72. The monoisotopic (exact) mass is 425 g/mol. The van der Waals surface area contributed by atoms with Crippen molar-refractivity contribution >= 4 is 45.3 Å². The molecular formula is C15H12BrN3O7. The number of nitrogens with one attached hydrogen (secondary N) is 2. The number of aromatic amines is 1. The Bertz CT molecular complexity index is 872. The molecule has 0 bridgehead atoms. The largest absolute Gasteiger partial charge is 0.465 e. The molecule has 1 heterocycles. The molecule has 26 heavy (non-hydrogen) atoms. The Hall–Kier alpha value is -3.21. The number of esters is 2. The Labute approximate surface area is 154 Å². The summed E-state index contributed by atoms with van der Waals surface area (Å²) in [5, 5.41) is 13.3. The normalized spacial score (nSPS) is 10.1. The summed E-state index contributed by atoms with van der Waals surface area (Å²) in [6.07, 6.45) is 0. The van der Waals surface area contributed by atoms with Gasteiger partial charge in [-0.1, -0.05) is 0 Å². The lowest BCUT2D eigenvalue weighted by atomic mass is 10.1. The van der Waals surface area contributed by atoms with Crippen LogP contribution in [0.25, 0.3) is 0 Å². The molecule has 0 saturated heterocycles. The van der Waals surface area contributed by atoms with Crippen LogP contribution in [0.5, 0.6) is 0 Å². The summed E-state index contributed by atoms with van der Waals surface area (Å²) >= 11 is 2.98. The molecule has 2 rings (SSSR count). The minimum absolute atomic E-state index is 0.0179. The first-order valence-corrected chi connectivity index (χ1v) is 7.72. The highest BCUT2D eigenvalue weighted by molar-refractivity contribution is 9.10. The van der Waals surface area contributed by atoms with E-state index < -0.39 is 22.8 Å². The smallest absolute Gasteiger partial charge is 0.337 e. The number of rotatable bonds is 5. The molecule has 0 unspecified atom stereocenters. The van der Waals surface area contributed by atoms with E-state index in [2.05, 4.69) is 35.7 Å². The summed E-state index contributed by atoms with van der Waals surface area (Å²) in [7, 11) is 2.34. The van der Waals surface area contributed by atoms with Crippen LogP contribution in [0.4, 0.5) is 11.5 Å². The second-order valence-corrected chi connectivity index (χ2v) is 5.73. The van der Waals surface area contributed by atoms with Crippen molar-refractivity contribution in [2.45, 2.75) is 0 Å². The quantitative estimate of drug-likeness (QED) is 0.425. The Morgan fingerprint density at radius 3 is 2.04 bits per heavy atom. The lowest BCUT2D eigenvalue weighted by Gasteiger charge is -2.08. The fourth-order valence-corrected chi connectivity index (χ4v) is 2.52. The van der Waals surface area contributed by atoms with Crippen molar-refractivity contribution in [1.82, 2.24) is 4.98 Å². The third-order valence-electron chi connectivity index (χ3n) is 3.21. The van der Waals surface area contributed by atoms with E-state index >= 15 is 0 Å². The minimum atomic E-state index is -0.718. The number of hydrogen-bond donors (Lipinski definition) is 2. The van der Waals surface area contributed by atoms with Crippen molar-refractivity contribution in [2.24, 2.45) is 0 Å². The van der Waals surface area contributed by atoms with Crippen LogP contribution in [0.3, 0.4) is 0 Å². The zero-order valence-electron chi connectivity index (χ0n) is 13.5. The summed E-state index contributed by atoms with van der Waals surface area (Å²) < 4.78 is 9.31. The molecule has 0 radical (unpaired) electrons.